The van der Waals surface area contributed by atoms with Crippen LogP contribution in [0.4, 0.5) is 0 Å². The molecular formula is C45H88. The highest BCUT2D eigenvalue weighted by Crippen LogP contribution is 2.24. The third-order valence-corrected chi connectivity index (χ3v) is 10.5. The second kappa shape index (κ2) is 41.5. The van der Waals surface area contributed by atoms with Gasteiger partial charge in [-0.15, -0.1) is 13.2 Å². The Morgan fingerprint density at radius 3 is 0.711 bits per heavy atom. The van der Waals surface area contributed by atoms with E-state index in [9.17, 15) is 0 Å². The largest absolute Gasteiger partial charge is 0.103 e. The molecule has 45 heavy (non-hydrogen) atoms. The summed E-state index contributed by atoms with van der Waals surface area (Å²) >= 11 is 0. The van der Waals surface area contributed by atoms with Crippen LogP contribution in [-0.4, -0.2) is 0 Å². The highest BCUT2D eigenvalue weighted by atomic mass is 14.1. The Kier molecular flexibility index (Phi) is 41.0. The van der Waals surface area contributed by atoms with Crippen LogP contribution in [0.15, 0.2) is 25.3 Å². The molecule has 0 aromatic carbocycles. The lowest BCUT2D eigenvalue weighted by atomic mass is 9.90. The molecule has 0 heteroatoms. The molecule has 268 valence electrons. The quantitative estimate of drug-likeness (QED) is 0.0467. The molecule has 0 spiro atoms. The van der Waals surface area contributed by atoms with E-state index in [2.05, 4.69) is 32.2 Å². The average molecular weight is 629 g/mol. The van der Waals surface area contributed by atoms with Gasteiger partial charge in [-0.1, -0.05) is 244 Å². The monoisotopic (exact) mass is 629 g/mol. The van der Waals surface area contributed by atoms with Crippen molar-refractivity contribution in [2.75, 3.05) is 0 Å². The summed E-state index contributed by atoms with van der Waals surface area (Å²) in [6.45, 7) is 10.0. The van der Waals surface area contributed by atoms with E-state index in [0.29, 0.717) is 0 Å². The molecule has 0 heterocycles. The second-order valence-electron chi connectivity index (χ2n) is 15.1. The molecule has 0 N–H and O–H groups in total. The van der Waals surface area contributed by atoms with Crippen molar-refractivity contribution in [3.8, 4) is 0 Å². The molecule has 0 radical (unpaired) electrons. The van der Waals surface area contributed by atoms with E-state index in [-0.39, 0.29) is 0 Å². The molecule has 0 aliphatic rings. The molecule has 0 rings (SSSR count). The summed E-state index contributed by atoms with van der Waals surface area (Å²) in [5.74, 6) is 1.03. The molecule has 0 fully saturated rings. The zero-order valence-electron chi connectivity index (χ0n) is 31.7. The first kappa shape index (κ1) is 44.5. The SMILES string of the molecule is C=CCCCCCCCCCCCCCCCCCCC(CCCC)CCCCCCCCCCCCCCCCCCC=C. The van der Waals surface area contributed by atoms with Crippen LogP contribution in [-0.2, 0) is 0 Å². The van der Waals surface area contributed by atoms with E-state index in [1.165, 1.54) is 250 Å². The van der Waals surface area contributed by atoms with Gasteiger partial charge in [0.2, 0.25) is 0 Å². The van der Waals surface area contributed by atoms with Crippen molar-refractivity contribution in [3.05, 3.63) is 25.3 Å². The van der Waals surface area contributed by atoms with E-state index < -0.39 is 0 Å². The fraction of sp³-hybridized carbons (Fsp3) is 0.911. The van der Waals surface area contributed by atoms with Crippen LogP contribution in [0.5, 0.6) is 0 Å². The fourth-order valence-electron chi connectivity index (χ4n) is 7.32. The molecule has 0 aliphatic heterocycles. The second-order valence-corrected chi connectivity index (χ2v) is 15.1. The Morgan fingerprint density at radius 2 is 0.489 bits per heavy atom. The molecule has 0 aromatic heterocycles. The molecule has 0 aromatic rings. The maximum atomic E-state index is 3.82. The van der Waals surface area contributed by atoms with E-state index in [1.54, 1.807) is 0 Å². The van der Waals surface area contributed by atoms with Crippen molar-refractivity contribution in [2.45, 2.75) is 257 Å². The van der Waals surface area contributed by atoms with Crippen LogP contribution < -0.4 is 0 Å². The number of allylic oxidation sites excluding steroid dienone is 2. The van der Waals surface area contributed by atoms with E-state index in [1.807, 2.05) is 0 Å². The van der Waals surface area contributed by atoms with Gasteiger partial charge >= 0.3 is 0 Å². The molecule has 0 amide bonds. The molecule has 0 nitrogen and oxygen atoms in total. The number of hydrogen-bond donors (Lipinski definition) is 0. The molecule has 0 unspecified atom stereocenters. The summed E-state index contributed by atoms with van der Waals surface area (Å²) < 4.78 is 0. The minimum absolute atomic E-state index is 1.03. The summed E-state index contributed by atoms with van der Waals surface area (Å²) in [4.78, 5) is 0. The van der Waals surface area contributed by atoms with Crippen molar-refractivity contribution in [1.29, 1.82) is 0 Å². The van der Waals surface area contributed by atoms with Crippen LogP contribution >= 0.6 is 0 Å². The normalized spacial score (nSPS) is 11.5. The van der Waals surface area contributed by atoms with Gasteiger partial charge in [0, 0.05) is 0 Å². The summed E-state index contributed by atoms with van der Waals surface area (Å²) in [5, 5.41) is 0. The summed E-state index contributed by atoms with van der Waals surface area (Å²) in [7, 11) is 0. The summed E-state index contributed by atoms with van der Waals surface area (Å²) in [6.07, 6.45) is 60.8. The Hall–Kier alpha value is -0.520. The predicted molar refractivity (Wildman–Crippen MR) is 210 cm³/mol. The fourth-order valence-corrected chi connectivity index (χ4v) is 7.32. The molecular weight excluding hydrogens is 540 g/mol. The standard InChI is InChI=1S/C45H88/c1-4-7-10-12-14-16-18-20-22-24-26-28-30-32-34-36-38-40-43-45(42-9-6-3)44-41-39-37-35-33-31-29-27-25-23-21-19-17-15-13-11-8-5-2/h4-5,45H,1-2,6-44H2,3H3. The number of hydrogen-bond acceptors (Lipinski definition) is 0. The smallest absolute Gasteiger partial charge is 0.0353 e. The molecule has 0 atom stereocenters. The van der Waals surface area contributed by atoms with Crippen LogP contribution in [0.25, 0.3) is 0 Å². The van der Waals surface area contributed by atoms with Crippen molar-refractivity contribution >= 4 is 0 Å². The number of unbranched alkanes of at least 4 members (excludes halogenated alkanes) is 33. The van der Waals surface area contributed by atoms with E-state index in [4.69, 9.17) is 0 Å². The van der Waals surface area contributed by atoms with Gasteiger partial charge in [-0.25, -0.2) is 0 Å². The van der Waals surface area contributed by atoms with Crippen LogP contribution in [0, 0.1) is 5.92 Å². The highest BCUT2D eigenvalue weighted by Gasteiger charge is 2.08. The van der Waals surface area contributed by atoms with Gasteiger partial charge in [0.25, 0.3) is 0 Å². The zero-order chi connectivity index (χ0) is 32.6. The Balaban J connectivity index is 3.43. The lowest BCUT2D eigenvalue weighted by Crippen LogP contribution is -2.01. The van der Waals surface area contributed by atoms with Gasteiger partial charge in [0.15, 0.2) is 0 Å². The van der Waals surface area contributed by atoms with E-state index in [0.717, 1.165) is 5.92 Å². The Morgan fingerprint density at radius 1 is 0.289 bits per heavy atom. The summed E-state index contributed by atoms with van der Waals surface area (Å²) in [6, 6.07) is 0. The molecule has 0 saturated heterocycles. The van der Waals surface area contributed by atoms with Crippen LogP contribution in [0.3, 0.4) is 0 Å². The Labute approximate surface area is 287 Å². The maximum absolute atomic E-state index is 3.82. The number of rotatable bonds is 41. The van der Waals surface area contributed by atoms with Gasteiger partial charge in [-0.2, -0.15) is 0 Å². The lowest BCUT2D eigenvalue weighted by molar-refractivity contribution is 0.370. The summed E-state index contributed by atoms with van der Waals surface area (Å²) in [5.41, 5.74) is 0. The maximum Gasteiger partial charge on any atom is -0.0353 e. The molecule has 0 bridgehead atoms. The van der Waals surface area contributed by atoms with Gasteiger partial charge in [0.1, 0.15) is 0 Å². The van der Waals surface area contributed by atoms with Gasteiger partial charge in [0.05, 0.1) is 0 Å². The minimum atomic E-state index is 1.03. The average Bonchev–Trinajstić information content (AvgIpc) is 3.05. The molecule has 0 saturated carbocycles. The van der Waals surface area contributed by atoms with Crippen molar-refractivity contribution in [2.24, 2.45) is 5.92 Å². The van der Waals surface area contributed by atoms with Crippen molar-refractivity contribution in [1.82, 2.24) is 0 Å². The highest BCUT2D eigenvalue weighted by molar-refractivity contribution is 4.66. The van der Waals surface area contributed by atoms with Crippen LogP contribution in [0.2, 0.25) is 0 Å². The Bertz CT molecular complexity index is 488. The van der Waals surface area contributed by atoms with E-state index >= 15 is 0 Å². The first-order valence-corrected chi connectivity index (χ1v) is 21.6. The van der Waals surface area contributed by atoms with Gasteiger partial charge < -0.3 is 0 Å². The lowest BCUT2D eigenvalue weighted by Gasteiger charge is -2.16. The molecule has 0 aliphatic carbocycles. The first-order valence-electron chi connectivity index (χ1n) is 21.6. The van der Waals surface area contributed by atoms with Crippen LogP contribution in [0.1, 0.15) is 257 Å². The minimum Gasteiger partial charge on any atom is -0.103 e. The topological polar surface area (TPSA) is 0 Å². The van der Waals surface area contributed by atoms with Gasteiger partial charge in [-0.3, -0.25) is 0 Å². The zero-order valence-corrected chi connectivity index (χ0v) is 31.7. The van der Waals surface area contributed by atoms with Crippen molar-refractivity contribution < 1.29 is 0 Å². The third-order valence-electron chi connectivity index (χ3n) is 10.5. The first-order chi connectivity index (χ1) is 22.3. The third kappa shape index (κ3) is 39.6. The van der Waals surface area contributed by atoms with Crippen molar-refractivity contribution in [3.63, 3.8) is 0 Å². The predicted octanol–water partition coefficient (Wildman–Crippen LogP) is 17.2. The van der Waals surface area contributed by atoms with Gasteiger partial charge in [-0.05, 0) is 31.6 Å².